The Bertz CT molecular complexity index is 674. The number of hydrogen-bond donors (Lipinski definition) is 1. The highest BCUT2D eigenvalue weighted by molar-refractivity contribution is 9.10. The van der Waals surface area contributed by atoms with Gasteiger partial charge in [-0.05, 0) is 36.4 Å². The van der Waals surface area contributed by atoms with Gasteiger partial charge in [0.05, 0.1) is 0 Å². The van der Waals surface area contributed by atoms with Gasteiger partial charge in [-0.1, -0.05) is 22.0 Å². The molecule has 0 aliphatic carbocycles. The van der Waals surface area contributed by atoms with Gasteiger partial charge in [-0.15, -0.1) is 0 Å². The number of aromatic nitrogens is 1. The highest BCUT2D eigenvalue weighted by atomic mass is 79.9. The van der Waals surface area contributed by atoms with E-state index in [2.05, 4.69) is 26.2 Å². The van der Waals surface area contributed by atoms with Crippen molar-refractivity contribution in [1.82, 2.24) is 15.2 Å². The van der Waals surface area contributed by atoms with Crippen LogP contribution < -0.4 is 5.32 Å². The fourth-order valence-electron chi connectivity index (χ4n) is 2.13. The monoisotopic (exact) mass is 389 g/mol. The molecule has 0 unspecified atom stereocenters. The van der Waals surface area contributed by atoms with E-state index in [1.165, 1.54) is 0 Å². The zero-order chi connectivity index (χ0) is 17.4. The van der Waals surface area contributed by atoms with Gasteiger partial charge >= 0.3 is 0 Å². The van der Waals surface area contributed by atoms with Crippen molar-refractivity contribution in [3.63, 3.8) is 0 Å². The van der Waals surface area contributed by atoms with Gasteiger partial charge in [0, 0.05) is 54.9 Å². The summed E-state index contributed by atoms with van der Waals surface area (Å²) in [5.41, 5.74) is 1.54. The fourth-order valence-corrected chi connectivity index (χ4v) is 2.39. The first-order chi connectivity index (χ1) is 11.6. The number of carbonyl (C=O) groups excluding carboxylic acids is 2. The summed E-state index contributed by atoms with van der Waals surface area (Å²) in [5, 5.41) is 2.76. The molecule has 0 radical (unpaired) electrons. The molecule has 2 rings (SSSR count). The first-order valence-corrected chi connectivity index (χ1v) is 8.53. The lowest BCUT2D eigenvalue weighted by Gasteiger charge is -2.17. The molecule has 0 fully saturated rings. The third-order valence-corrected chi connectivity index (χ3v) is 4.11. The average Bonchev–Trinajstić information content (AvgIpc) is 2.61. The van der Waals surface area contributed by atoms with Gasteiger partial charge in [-0.25, -0.2) is 0 Å². The van der Waals surface area contributed by atoms with Crippen LogP contribution in [0.25, 0.3) is 0 Å². The average molecular weight is 390 g/mol. The molecule has 0 saturated heterocycles. The number of benzene rings is 1. The Morgan fingerprint density at radius 2 is 1.92 bits per heavy atom. The lowest BCUT2D eigenvalue weighted by molar-refractivity contribution is -0.129. The third kappa shape index (κ3) is 5.77. The van der Waals surface area contributed by atoms with Crippen LogP contribution in [0, 0.1) is 0 Å². The Morgan fingerprint density at radius 3 is 2.58 bits per heavy atom. The van der Waals surface area contributed by atoms with Gasteiger partial charge in [-0.2, -0.15) is 0 Å². The topological polar surface area (TPSA) is 62.3 Å². The minimum atomic E-state index is -0.175. The van der Waals surface area contributed by atoms with Crippen LogP contribution in [-0.4, -0.2) is 41.8 Å². The molecule has 0 aliphatic heterocycles. The van der Waals surface area contributed by atoms with E-state index < -0.39 is 0 Å². The first kappa shape index (κ1) is 18.1. The molecule has 5 nitrogen and oxygen atoms in total. The highest BCUT2D eigenvalue weighted by Crippen LogP contribution is 2.10. The minimum absolute atomic E-state index is 0.00189. The maximum Gasteiger partial charge on any atom is 0.251 e. The number of rotatable bonds is 7. The van der Waals surface area contributed by atoms with E-state index in [0.29, 0.717) is 25.1 Å². The number of pyridine rings is 1. The maximum absolute atomic E-state index is 12.1. The second-order valence-electron chi connectivity index (χ2n) is 5.40. The molecule has 6 heteroatoms. The van der Waals surface area contributed by atoms with Crippen molar-refractivity contribution in [1.29, 1.82) is 0 Å². The van der Waals surface area contributed by atoms with E-state index in [1.807, 2.05) is 30.3 Å². The number of likely N-dealkylation sites (N-methyl/N-ethyl adjacent to an activating group) is 1. The van der Waals surface area contributed by atoms with Crippen molar-refractivity contribution in [2.45, 2.75) is 12.8 Å². The number of hydrogen-bond acceptors (Lipinski definition) is 3. The quantitative estimate of drug-likeness (QED) is 0.791. The van der Waals surface area contributed by atoms with E-state index >= 15 is 0 Å². The largest absolute Gasteiger partial charge is 0.352 e. The zero-order valence-electron chi connectivity index (χ0n) is 13.5. The minimum Gasteiger partial charge on any atom is -0.352 e. The van der Waals surface area contributed by atoms with Crippen LogP contribution in [0.3, 0.4) is 0 Å². The van der Waals surface area contributed by atoms with Gasteiger partial charge < -0.3 is 10.2 Å². The molecule has 0 saturated carbocycles. The molecule has 0 spiro atoms. The summed E-state index contributed by atoms with van der Waals surface area (Å²) in [5.74, 6) is -0.173. The van der Waals surface area contributed by atoms with Crippen LogP contribution in [0.1, 0.15) is 22.5 Å². The normalized spacial score (nSPS) is 10.2. The molecule has 2 amide bonds. The Hall–Kier alpha value is -2.21. The summed E-state index contributed by atoms with van der Waals surface area (Å²) in [6.45, 7) is 0.929. The molecule has 126 valence electrons. The van der Waals surface area contributed by atoms with Crippen molar-refractivity contribution >= 4 is 27.7 Å². The summed E-state index contributed by atoms with van der Waals surface area (Å²) in [4.78, 5) is 29.9. The number of amides is 2. The van der Waals surface area contributed by atoms with Crippen molar-refractivity contribution in [2.24, 2.45) is 0 Å². The summed E-state index contributed by atoms with van der Waals surface area (Å²) in [6, 6.07) is 12.8. The highest BCUT2D eigenvalue weighted by Gasteiger charge is 2.10. The van der Waals surface area contributed by atoms with Crippen molar-refractivity contribution in [3.05, 3.63) is 64.4 Å². The van der Waals surface area contributed by atoms with Crippen LogP contribution in [0.5, 0.6) is 0 Å². The molecule has 0 aliphatic rings. The summed E-state index contributed by atoms with van der Waals surface area (Å²) in [6.07, 6.45) is 2.74. The van der Waals surface area contributed by atoms with Gasteiger partial charge in [-0.3, -0.25) is 14.6 Å². The molecule has 2 aromatic rings. The molecule has 24 heavy (non-hydrogen) atoms. The molecule has 0 atom stereocenters. The van der Waals surface area contributed by atoms with E-state index in [9.17, 15) is 9.59 Å². The lowest BCUT2D eigenvalue weighted by atomic mass is 10.2. The van der Waals surface area contributed by atoms with E-state index in [0.717, 1.165) is 10.2 Å². The fraction of sp³-hybridized carbons (Fsp3) is 0.278. The van der Waals surface area contributed by atoms with Gasteiger partial charge in [0.25, 0.3) is 5.91 Å². The number of halogens is 1. The Labute approximate surface area is 150 Å². The number of nitrogens with one attached hydrogen (secondary N) is 1. The van der Waals surface area contributed by atoms with Crippen LogP contribution in [0.4, 0.5) is 0 Å². The van der Waals surface area contributed by atoms with Gasteiger partial charge in [0.15, 0.2) is 0 Å². The van der Waals surface area contributed by atoms with Crippen LogP contribution in [0.15, 0.2) is 53.1 Å². The smallest absolute Gasteiger partial charge is 0.251 e. The number of carbonyl (C=O) groups is 2. The van der Waals surface area contributed by atoms with Gasteiger partial charge in [0.1, 0.15) is 0 Å². The van der Waals surface area contributed by atoms with Crippen molar-refractivity contribution in [2.75, 3.05) is 20.1 Å². The standard InChI is InChI=1S/C18H20BrN3O2/c1-22(13-10-16-4-2-3-11-20-16)17(23)9-12-21-18(24)14-5-7-15(19)8-6-14/h2-8,11H,9-10,12-13H2,1H3,(H,21,24). The molecule has 0 bridgehead atoms. The lowest BCUT2D eigenvalue weighted by Crippen LogP contribution is -2.33. The van der Waals surface area contributed by atoms with Gasteiger partial charge in [0.2, 0.25) is 5.91 Å². The third-order valence-electron chi connectivity index (χ3n) is 3.59. The molecule has 1 heterocycles. The zero-order valence-corrected chi connectivity index (χ0v) is 15.1. The van der Waals surface area contributed by atoms with Crippen LogP contribution in [0.2, 0.25) is 0 Å². The van der Waals surface area contributed by atoms with Crippen LogP contribution in [-0.2, 0) is 11.2 Å². The summed E-state index contributed by atoms with van der Waals surface area (Å²) < 4.78 is 0.920. The Balaban J connectivity index is 1.70. The van der Waals surface area contributed by atoms with E-state index in [1.54, 1.807) is 30.3 Å². The second kappa shape index (κ2) is 9.17. The second-order valence-corrected chi connectivity index (χ2v) is 6.31. The Kier molecular flexibility index (Phi) is 6.93. The summed E-state index contributed by atoms with van der Waals surface area (Å²) in [7, 11) is 1.77. The SMILES string of the molecule is CN(CCc1ccccn1)C(=O)CCNC(=O)c1ccc(Br)cc1. The number of nitrogens with zero attached hydrogens (tertiary/aromatic N) is 2. The van der Waals surface area contributed by atoms with E-state index in [-0.39, 0.29) is 18.2 Å². The first-order valence-electron chi connectivity index (χ1n) is 7.74. The predicted molar refractivity (Wildman–Crippen MR) is 96.7 cm³/mol. The molecule has 1 aromatic carbocycles. The molecular weight excluding hydrogens is 370 g/mol. The van der Waals surface area contributed by atoms with Crippen molar-refractivity contribution in [3.8, 4) is 0 Å². The summed E-state index contributed by atoms with van der Waals surface area (Å²) >= 11 is 3.33. The molecule has 1 aromatic heterocycles. The Morgan fingerprint density at radius 1 is 1.17 bits per heavy atom. The van der Waals surface area contributed by atoms with Crippen LogP contribution >= 0.6 is 15.9 Å². The maximum atomic E-state index is 12.1. The molecule has 1 N–H and O–H groups in total. The predicted octanol–water partition coefficient (Wildman–Crippen LogP) is 2.67. The van der Waals surface area contributed by atoms with Crippen molar-refractivity contribution < 1.29 is 9.59 Å². The van der Waals surface area contributed by atoms with E-state index in [4.69, 9.17) is 0 Å². The molecular formula is C18H20BrN3O2.